The maximum atomic E-state index is 6.29. The van der Waals surface area contributed by atoms with Crippen LogP contribution >= 0.6 is 0 Å². The SMILES string of the molecule is C[C@@H]1CCC[C@H](C)N1C1CCCCC1N. The Kier molecular flexibility index (Phi) is 3.68. The van der Waals surface area contributed by atoms with Crippen molar-refractivity contribution in [2.45, 2.75) is 83.0 Å². The van der Waals surface area contributed by atoms with Crippen molar-refractivity contribution in [2.75, 3.05) is 0 Å². The Balaban J connectivity index is 2.05. The minimum absolute atomic E-state index is 0.432. The molecular formula is C13H26N2. The smallest absolute Gasteiger partial charge is 0.0252 e. The summed E-state index contributed by atoms with van der Waals surface area (Å²) in [5.74, 6) is 0. The van der Waals surface area contributed by atoms with Gasteiger partial charge < -0.3 is 5.73 Å². The largest absolute Gasteiger partial charge is 0.326 e. The first-order valence-corrected chi connectivity index (χ1v) is 6.73. The van der Waals surface area contributed by atoms with Crippen LogP contribution in [0, 0.1) is 0 Å². The Morgan fingerprint density at radius 2 is 1.47 bits per heavy atom. The number of hydrogen-bond donors (Lipinski definition) is 1. The fraction of sp³-hybridized carbons (Fsp3) is 1.00. The Hall–Kier alpha value is -0.0800. The van der Waals surface area contributed by atoms with E-state index in [0.29, 0.717) is 12.1 Å². The van der Waals surface area contributed by atoms with E-state index in [1.807, 2.05) is 0 Å². The molecule has 1 saturated carbocycles. The van der Waals surface area contributed by atoms with Crippen LogP contribution in [-0.2, 0) is 0 Å². The summed E-state index contributed by atoms with van der Waals surface area (Å²) >= 11 is 0. The lowest BCUT2D eigenvalue weighted by atomic mass is 9.85. The van der Waals surface area contributed by atoms with Gasteiger partial charge in [-0.3, -0.25) is 4.90 Å². The van der Waals surface area contributed by atoms with Gasteiger partial charge in [-0.25, -0.2) is 0 Å². The van der Waals surface area contributed by atoms with E-state index >= 15 is 0 Å². The highest BCUT2D eigenvalue weighted by Gasteiger charge is 2.35. The van der Waals surface area contributed by atoms with Gasteiger partial charge in [0.25, 0.3) is 0 Å². The Morgan fingerprint density at radius 3 is 2.07 bits per heavy atom. The topological polar surface area (TPSA) is 29.3 Å². The van der Waals surface area contributed by atoms with Crippen molar-refractivity contribution in [1.29, 1.82) is 0 Å². The average Bonchev–Trinajstić information content (AvgIpc) is 2.20. The number of nitrogens with zero attached hydrogens (tertiary/aromatic N) is 1. The van der Waals surface area contributed by atoms with Crippen LogP contribution in [-0.4, -0.2) is 29.1 Å². The Bertz CT molecular complexity index is 195. The van der Waals surface area contributed by atoms with Crippen LogP contribution < -0.4 is 5.73 Å². The van der Waals surface area contributed by atoms with Crippen molar-refractivity contribution in [3.8, 4) is 0 Å². The predicted octanol–water partition coefficient (Wildman–Crippen LogP) is 2.52. The highest BCUT2D eigenvalue weighted by Crippen LogP contribution is 2.31. The van der Waals surface area contributed by atoms with E-state index in [-0.39, 0.29) is 0 Å². The minimum Gasteiger partial charge on any atom is -0.326 e. The van der Waals surface area contributed by atoms with Crippen LogP contribution in [0.25, 0.3) is 0 Å². The Morgan fingerprint density at radius 1 is 0.867 bits per heavy atom. The van der Waals surface area contributed by atoms with Gasteiger partial charge in [0.05, 0.1) is 0 Å². The predicted molar refractivity (Wildman–Crippen MR) is 64.8 cm³/mol. The summed E-state index contributed by atoms with van der Waals surface area (Å²) in [5.41, 5.74) is 6.29. The summed E-state index contributed by atoms with van der Waals surface area (Å²) in [6.45, 7) is 4.77. The van der Waals surface area contributed by atoms with E-state index in [4.69, 9.17) is 5.73 Å². The molecule has 0 bridgehead atoms. The Labute approximate surface area is 94.2 Å². The molecule has 0 amide bonds. The first kappa shape index (κ1) is 11.4. The lowest BCUT2D eigenvalue weighted by Gasteiger charge is -2.47. The lowest BCUT2D eigenvalue weighted by molar-refractivity contribution is 0.0278. The molecule has 1 aliphatic heterocycles. The van der Waals surface area contributed by atoms with Crippen LogP contribution in [0.5, 0.6) is 0 Å². The zero-order chi connectivity index (χ0) is 10.8. The molecular weight excluding hydrogens is 184 g/mol. The number of rotatable bonds is 1. The molecule has 0 radical (unpaired) electrons. The highest BCUT2D eigenvalue weighted by molar-refractivity contribution is 4.92. The third kappa shape index (κ3) is 2.36. The van der Waals surface area contributed by atoms with Crippen molar-refractivity contribution < 1.29 is 0 Å². The summed E-state index contributed by atoms with van der Waals surface area (Å²) in [7, 11) is 0. The molecule has 1 saturated heterocycles. The van der Waals surface area contributed by atoms with Gasteiger partial charge >= 0.3 is 0 Å². The fourth-order valence-corrected chi connectivity index (χ4v) is 3.61. The van der Waals surface area contributed by atoms with Gasteiger partial charge in [-0.05, 0) is 39.5 Å². The van der Waals surface area contributed by atoms with Crippen molar-refractivity contribution in [2.24, 2.45) is 5.73 Å². The first-order chi connectivity index (χ1) is 7.20. The summed E-state index contributed by atoms with van der Waals surface area (Å²) in [4.78, 5) is 2.73. The number of hydrogen-bond acceptors (Lipinski definition) is 2. The van der Waals surface area contributed by atoms with E-state index in [9.17, 15) is 0 Å². The molecule has 2 heteroatoms. The van der Waals surface area contributed by atoms with E-state index in [1.54, 1.807) is 0 Å². The molecule has 2 unspecified atom stereocenters. The van der Waals surface area contributed by atoms with Crippen molar-refractivity contribution in [3.63, 3.8) is 0 Å². The van der Waals surface area contributed by atoms with Crippen LogP contribution in [0.2, 0.25) is 0 Å². The van der Waals surface area contributed by atoms with Crippen LogP contribution in [0.1, 0.15) is 58.8 Å². The highest BCUT2D eigenvalue weighted by atomic mass is 15.2. The minimum atomic E-state index is 0.432. The third-order valence-corrected chi connectivity index (χ3v) is 4.43. The van der Waals surface area contributed by atoms with Crippen molar-refractivity contribution in [3.05, 3.63) is 0 Å². The third-order valence-electron chi connectivity index (χ3n) is 4.43. The van der Waals surface area contributed by atoms with Gasteiger partial charge in [0, 0.05) is 24.2 Å². The van der Waals surface area contributed by atoms with Gasteiger partial charge in [-0.1, -0.05) is 19.3 Å². The van der Waals surface area contributed by atoms with E-state index in [1.165, 1.54) is 44.9 Å². The molecule has 0 aromatic heterocycles. The first-order valence-electron chi connectivity index (χ1n) is 6.73. The number of nitrogens with two attached hydrogens (primary N) is 1. The summed E-state index contributed by atoms with van der Waals surface area (Å²) in [6.07, 6.45) is 9.43. The van der Waals surface area contributed by atoms with Crippen molar-refractivity contribution in [1.82, 2.24) is 4.90 Å². The summed E-state index contributed by atoms with van der Waals surface area (Å²) < 4.78 is 0. The normalized spacial score (nSPS) is 44.2. The molecule has 1 heterocycles. The monoisotopic (exact) mass is 210 g/mol. The zero-order valence-electron chi connectivity index (χ0n) is 10.3. The summed E-state index contributed by atoms with van der Waals surface area (Å²) in [5, 5.41) is 0. The summed E-state index contributed by atoms with van der Waals surface area (Å²) in [6, 6.07) is 2.61. The second-order valence-electron chi connectivity index (χ2n) is 5.59. The van der Waals surface area contributed by atoms with Gasteiger partial charge in [-0.15, -0.1) is 0 Å². The van der Waals surface area contributed by atoms with Crippen molar-refractivity contribution >= 4 is 0 Å². The molecule has 0 aromatic rings. The molecule has 2 nitrogen and oxygen atoms in total. The molecule has 0 aromatic carbocycles. The molecule has 1 aliphatic carbocycles. The van der Waals surface area contributed by atoms with Gasteiger partial charge in [-0.2, -0.15) is 0 Å². The number of likely N-dealkylation sites (tertiary alicyclic amines) is 1. The van der Waals surface area contributed by atoms with Crippen LogP contribution in [0.4, 0.5) is 0 Å². The molecule has 0 spiro atoms. The average molecular weight is 210 g/mol. The van der Waals surface area contributed by atoms with Crippen LogP contribution in [0.3, 0.4) is 0 Å². The van der Waals surface area contributed by atoms with E-state index in [2.05, 4.69) is 18.7 Å². The maximum Gasteiger partial charge on any atom is 0.0252 e. The molecule has 4 atom stereocenters. The van der Waals surface area contributed by atoms with E-state index < -0.39 is 0 Å². The second kappa shape index (κ2) is 4.84. The molecule has 2 rings (SSSR count). The number of piperidine rings is 1. The molecule has 2 N–H and O–H groups in total. The molecule has 2 aliphatic rings. The quantitative estimate of drug-likeness (QED) is 0.720. The van der Waals surface area contributed by atoms with Gasteiger partial charge in [0.15, 0.2) is 0 Å². The van der Waals surface area contributed by atoms with Gasteiger partial charge in [0.2, 0.25) is 0 Å². The van der Waals surface area contributed by atoms with Crippen LogP contribution in [0.15, 0.2) is 0 Å². The molecule has 2 fully saturated rings. The standard InChI is InChI=1S/C13H26N2/c1-10-6-5-7-11(2)15(10)13-9-4-3-8-12(13)14/h10-13H,3-9,14H2,1-2H3/t10-,11+,12?,13?. The molecule has 15 heavy (non-hydrogen) atoms. The molecule has 88 valence electrons. The van der Waals surface area contributed by atoms with E-state index in [0.717, 1.165) is 12.1 Å². The fourth-order valence-electron chi connectivity index (χ4n) is 3.61. The zero-order valence-corrected chi connectivity index (χ0v) is 10.3. The maximum absolute atomic E-state index is 6.29. The second-order valence-corrected chi connectivity index (χ2v) is 5.59. The van der Waals surface area contributed by atoms with Gasteiger partial charge in [0.1, 0.15) is 0 Å². The lowest BCUT2D eigenvalue weighted by Crippen LogP contribution is -2.57.